The van der Waals surface area contributed by atoms with Crippen molar-refractivity contribution in [3.05, 3.63) is 60.7 Å². The van der Waals surface area contributed by atoms with Gasteiger partial charge in [0.2, 0.25) is 0 Å². The van der Waals surface area contributed by atoms with Crippen molar-refractivity contribution in [2.24, 2.45) is 5.92 Å². The van der Waals surface area contributed by atoms with Crippen LogP contribution in [0.5, 0.6) is 0 Å². The van der Waals surface area contributed by atoms with Crippen molar-refractivity contribution < 1.29 is 14.0 Å². The fraction of sp³-hybridized carbons (Fsp3) is 0.435. The van der Waals surface area contributed by atoms with E-state index in [1.165, 1.54) is 17.5 Å². The average Bonchev–Trinajstić information content (AvgIpc) is 3.14. The zero-order valence-electron chi connectivity index (χ0n) is 16.8. The zero-order valence-corrected chi connectivity index (χ0v) is 17.8. The normalized spacial score (nSPS) is 20.4. The molecular weight excluding hydrogens is 352 g/mol. The summed E-state index contributed by atoms with van der Waals surface area (Å²) in [4.78, 5) is 12.0. The lowest BCUT2D eigenvalue weighted by molar-refractivity contribution is -0.145. The summed E-state index contributed by atoms with van der Waals surface area (Å²) in [5, 5.41) is 2.52. The first-order valence-corrected chi connectivity index (χ1v) is 11.7. The van der Waals surface area contributed by atoms with Crippen molar-refractivity contribution in [1.82, 2.24) is 0 Å². The molecule has 1 fully saturated rings. The predicted molar refractivity (Wildman–Crippen MR) is 112 cm³/mol. The summed E-state index contributed by atoms with van der Waals surface area (Å²) in [6.45, 7) is 6.85. The van der Waals surface area contributed by atoms with Gasteiger partial charge >= 0.3 is 5.97 Å². The van der Waals surface area contributed by atoms with Gasteiger partial charge in [-0.2, -0.15) is 0 Å². The van der Waals surface area contributed by atoms with E-state index in [0.717, 1.165) is 19.3 Å². The van der Waals surface area contributed by atoms with Crippen LogP contribution in [0.15, 0.2) is 60.7 Å². The Morgan fingerprint density at radius 3 is 1.89 bits per heavy atom. The van der Waals surface area contributed by atoms with E-state index in [0.29, 0.717) is 0 Å². The monoisotopic (exact) mass is 382 g/mol. The second-order valence-electron chi connectivity index (χ2n) is 8.44. The van der Waals surface area contributed by atoms with Crippen LogP contribution in [0.25, 0.3) is 0 Å². The lowest BCUT2D eigenvalue weighted by Crippen LogP contribution is -2.67. The highest BCUT2D eigenvalue weighted by molar-refractivity contribution is 6.99. The average molecular weight is 383 g/mol. The molecule has 2 aromatic carbocycles. The van der Waals surface area contributed by atoms with E-state index in [9.17, 15) is 4.79 Å². The summed E-state index contributed by atoms with van der Waals surface area (Å²) in [5.41, 5.74) is 0. The van der Waals surface area contributed by atoms with Crippen LogP contribution in [0.1, 0.15) is 40.0 Å². The number of rotatable bonds is 5. The summed E-state index contributed by atoms with van der Waals surface area (Å²) < 4.78 is 12.1. The van der Waals surface area contributed by atoms with Gasteiger partial charge in [0.1, 0.15) is 0 Å². The highest BCUT2D eigenvalue weighted by Gasteiger charge is 2.52. The molecule has 2 aromatic rings. The molecule has 0 aromatic heterocycles. The summed E-state index contributed by atoms with van der Waals surface area (Å²) in [6, 6.07) is 21.3. The third-order valence-corrected chi connectivity index (χ3v) is 10.8. The fourth-order valence-electron chi connectivity index (χ4n) is 4.37. The first-order valence-electron chi connectivity index (χ1n) is 9.75. The Hall–Kier alpha value is -1.91. The van der Waals surface area contributed by atoms with Gasteiger partial charge in [-0.1, -0.05) is 81.4 Å². The summed E-state index contributed by atoms with van der Waals surface area (Å²) in [5.74, 6) is -0.151. The molecule has 0 N–H and O–H groups in total. The van der Waals surface area contributed by atoms with Crippen LogP contribution in [0.4, 0.5) is 0 Å². The number of hydrogen-bond donors (Lipinski definition) is 0. The van der Waals surface area contributed by atoms with Crippen molar-refractivity contribution in [2.45, 2.75) is 51.2 Å². The Balaban J connectivity index is 2.04. The van der Waals surface area contributed by atoms with Crippen LogP contribution in [-0.4, -0.2) is 27.5 Å². The van der Waals surface area contributed by atoms with E-state index in [1.807, 2.05) is 0 Å². The van der Waals surface area contributed by atoms with Gasteiger partial charge in [0.25, 0.3) is 8.32 Å². The molecule has 4 heteroatoms. The largest absolute Gasteiger partial charge is 0.469 e. The molecule has 0 bridgehead atoms. The molecule has 0 heterocycles. The topological polar surface area (TPSA) is 35.5 Å². The molecule has 0 aliphatic heterocycles. The molecule has 0 radical (unpaired) electrons. The van der Waals surface area contributed by atoms with Crippen LogP contribution in [0.2, 0.25) is 5.04 Å². The van der Waals surface area contributed by atoms with Gasteiger partial charge in [-0.25, -0.2) is 0 Å². The summed E-state index contributed by atoms with van der Waals surface area (Å²) in [7, 11) is -1.07. The molecule has 0 spiro atoms. The Bertz CT molecular complexity index is 713. The number of hydrogen-bond acceptors (Lipinski definition) is 3. The van der Waals surface area contributed by atoms with Crippen LogP contribution < -0.4 is 10.4 Å². The van der Waals surface area contributed by atoms with Crippen molar-refractivity contribution in [2.75, 3.05) is 7.11 Å². The molecule has 1 aliphatic rings. The van der Waals surface area contributed by atoms with E-state index in [1.54, 1.807) is 0 Å². The van der Waals surface area contributed by atoms with E-state index in [2.05, 4.69) is 81.4 Å². The van der Waals surface area contributed by atoms with Crippen molar-refractivity contribution in [1.29, 1.82) is 0 Å². The maximum Gasteiger partial charge on any atom is 0.308 e. The van der Waals surface area contributed by atoms with Crippen LogP contribution in [0.3, 0.4) is 0 Å². The lowest BCUT2D eigenvalue weighted by Gasteiger charge is -2.44. The van der Waals surface area contributed by atoms with E-state index < -0.39 is 8.32 Å². The Morgan fingerprint density at radius 2 is 1.44 bits per heavy atom. The zero-order chi connectivity index (χ0) is 19.5. The van der Waals surface area contributed by atoms with Gasteiger partial charge in [0.05, 0.1) is 13.0 Å². The Kier molecular flexibility index (Phi) is 5.87. The van der Waals surface area contributed by atoms with Gasteiger partial charge in [-0.05, 0) is 34.7 Å². The van der Waals surface area contributed by atoms with Crippen LogP contribution in [-0.2, 0) is 14.0 Å². The third kappa shape index (κ3) is 3.87. The van der Waals surface area contributed by atoms with E-state index >= 15 is 0 Å². The molecule has 2 atom stereocenters. The van der Waals surface area contributed by atoms with Crippen molar-refractivity contribution in [3.63, 3.8) is 0 Å². The standard InChI is InChI=1S/C23H30O3Si/c1-23(2,3)27(20-11-7-5-8-12-20,21-13-9-6-10-14-21)26-19-16-15-18(17-19)22(24)25-4/h5-14,18-19H,15-17H2,1-4H3/t18-,19+/m1/s1. The second kappa shape index (κ2) is 7.99. The number of benzene rings is 2. The molecule has 0 unspecified atom stereocenters. The number of carbonyl (C=O) groups is 1. The third-order valence-electron chi connectivity index (χ3n) is 5.68. The van der Waals surface area contributed by atoms with E-state index in [-0.39, 0.29) is 23.0 Å². The minimum atomic E-state index is -2.54. The Labute approximate surface area is 163 Å². The quantitative estimate of drug-likeness (QED) is 0.581. The fourth-order valence-corrected chi connectivity index (χ4v) is 9.10. The molecule has 3 nitrogen and oxygen atoms in total. The molecular formula is C23H30O3Si. The molecule has 144 valence electrons. The molecule has 1 aliphatic carbocycles. The molecule has 0 saturated heterocycles. The maximum absolute atomic E-state index is 12.0. The van der Waals surface area contributed by atoms with Gasteiger partial charge < -0.3 is 9.16 Å². The molecule has 0 amide bonds. The number of esters is 1. The summed E-state index contributed by atoms with van der Waals surface area (Å²) in [6.07, 6.45) is 2.58. The van der Waals surface area contributed by atoms with Crippen LogP contribution in [0, 0.1) is 5.92 Å². The highest BCUT2D eigenvalue weighted by atomic mass is 28.4. The number of ether oxygens (including phenoxy) is 1. The summed E-state index contributed by atoms with van der Waals surface area (Å²) >= 11 is 0. The second-order valence-corrected chi connectivity index (χ2v) is 12.7. The van der Waals surface area contributed by atoms with Gasteiger partial charge in [0, 0.05) is 6.10 Å². The predicted octanol–water partition coefficient (Wildman–Crippen LogP) is 3.90. The van der Waals surface area contributed by atoms with Gasteiger partial charge in [-0.3, -0.25) is 4.79 Å². The number of carbonyl (C=O) groups excluding carboxylic acids is 1. The minimum Gasteiger partial charge on any atom is -0.469 e. The molecule has 3 rings (SSSR count). The van der Waals surface area contributed by atoms with Crippen LogP contribution >= 0.6 is 0 Å². The highest BCUT2D eigenvalue weighted by Crippen LogP contribution is 2.40. The molecule has 27 heavy (non-hydrogen) atoms. The molecule has 1 saturated carbocycles. The van der Waals surface area contributed by atoms with Crippen molar-refractivity contribution >= 4 is 24.7 Å². The maximum atomic E-state index is 12.0. The van der Waals surface area contributed by atoms with E-state index in [4.69, 9.17) is 9.16 Å². The smallest absolute Gasteiger partial charge is 0.308 e. The first-order chi connectivity index (χ1) is 12.9. The lowest BCUT2D eigenvalue weighted by atomic mass is 10.1. The minimum absolute atomic E-state index is 0.0426. The van der Waals surface area contributed by atoms with Gasteiger partial charge in [0.15, 0.2) is 0 Å². The first kappa shape index (κ1) is 19.8. The SMILES string of the molecule is COC(=O)[C@@H]1CC[C@H](O[Si](c2ccccc2)(c2ccccc2)C(C)(C)C)C1. The van der Waals surface area contributed by atoms with Crippen molar-refractivity contribution in [3.8, 4) is 0 Å². The van der Waals surface area contributed by atoms with Gasteiger partial charge in [-0.15, -0.1) is 0 Å². The Morgan fingerprint density at radius 1 is 0.926 bits per heavy atom. The number of methoxy groups -OCH3 is 1.